The van der Waals surface area contributed by atoms with Gasteiger partial charge in [-0.2, -0.15) is 0 Å². The Labute approximate surface area is 139 Å². The fourth-order valence-corrected chi connectivity index (χ4v) is 3.99. The molecule has 1 heterocycles. The summed E-state index contributed by atoms with van der Waals surface area (Å²) in [5, 5.41) is 1.62. The Hall–Kier alpha value is -2.11. The van der Waals surface area contributed by atoms with Crippen molar-refractivity contribution in [2.45, 2.75) is 6.04 Å². The van der Waals surface area contributed by atoms with Crippen LogP contribution in [0.5, 0.6) is 0 Å². The van der Waals surface area contributed by atoms with Crippen molar-refractivity contribution in [1.82, 2.24) is 0 Å². The number of carbonyl (C=O) groups excluding carboxylic acids is 1. The molecule has 0 saturated heterocycles. The van der Waals surface area contributed by atoms with Crippen molar-refractivity contribution in [2.24, 2.45) is 0 Å². The van der Waals surface area contributed by atoms with E-state index in [0.717, 1.165) is 0 Å². The minimum atomic E-state index is -3.27. The fraction of sp³-hybridized carbons (Fsp3) is 0.118. The summed E-state index contributed by atoms with van der Waals surface area (Å²) in [6.07, 6.45) is 1.55. The molecule has 6 heteroatoms. The molecule has 1 atom stereocenters. The molecule has 0 unspecified atom stereocenters. The van der Waals surface area contributed by atoms with Crippen molar-refractivity contribution < 1.29 is 13.2 Å². The van der Waals surface area contributed by atoms with Crippen LogP contribution in [0.1, 0.15) is 10.4 Å². The number of nitrogens with zero attached hydrogens (tertiary/aromatic N) is 1. The summed E-state index contributed by atoms with van der Waals surface area (Å²) in [5.74, 6) is -0.403. The predicted molar refractivity (Wildman–Crippen MR) is 91.4 cm³/mol. The second-order valence-electron chi connectivity index (χ2n) is 5.25. The highest BCUT2D eigenvalue weighted by Gasteiger charge is 2.31. The highest BCUT2D eigenvalue weighted by atomic mass is 35.5. The summed E-state index contributed by atoms with van der Waals surface area (Å²) >= 11 is 5.96. The van der Waals surface area contributed by atoms with E-state index in [9.17, 15) is 13.2 Å². The van der Waals surface area contributed by atoms with E-state index in [4.69, 9.17) is 11.6 Å². The average molecular weight is 348 g/mol. The van der Waals surface area contributed by atoms with Crippen LogP contribution in [-0.4, -0.2) is 26.1 Å². The summed E-state index contributed by atoms with van der Waals surface area (Å²) in [6, 6.07) is 15.1. The average Bonchev–Trinajstić information content (AvgIpc) is 2.88. The molecule has 1 aliphatic heterocycles. The lowest BCUT2D eigenvalue weighted by Crippen LogP contribution is -2.41. The quantitative estimate of drug-likeness (QED) is 0.856. The van der Waals surface area contributed by atoms with Gasteiger partial charge in [-0.1, -0.05) is 35.9 Å². The number of hydrogen-bond donors (Lipinski definition) is 0. The number of amides is 1. The molecule has 0 aromatic heterocycles. The second-order valence-corrected chi connectivity index (χ2v) is 7.61. The van der Waals surface area contributed by atoms with Crippen LogP contribution in [0, 0.1) is 0 Å². The first-order chi connectivity index (χ1) is 11.0. The molecule has 0 N–H and O–H groups in total. The van der Waals surface area contributed by atoms with Crippen LogP contribution in [-0.2, 0) is 9.84 Å². The highest BCUT2D eigenvalue weighted by Crippen LogP contribution is 2.25. The Kier molecular flexibility index (Phi) is 4.24. The summed E-state index contributed by atoms with van der Waals surface area (Å²) in [6.45, 7) is 0. The Morgan fingerprint density at radius 1 is 1.09 bits per heavy atom. The zero-order chi connectivity index (χ0) is 16.4. The maximum absolute atomic E-state index is 12.9. The van der Waals surface area contributed by atoms with Crippen LogP contribution in [0.3, 0.4) is 0 Å². The molecule has 0 spiro atoms. The van der Waals surface area contributed by atoms with Crippen molar-refractivity contribution in [1.29, 1.82) is 0 Å². The summed E-state index contributed by atoms with van der Waals surface area (Å²) < 4.78 is 23.5. The number of carbonyl (C=O) groups is 1. The third-order valence-corrected chi connectivity index (χ3v) is 5.18. The molecule has 118 valence electrons. The Morgan fingerprint density at radius 2 is 1.83 bits per heavy atom. The molecular formula is C17H14ClNO3S. The minimum Gasteiger partial charge on any atom is -0.300 e. The number of benzene rings is 2. The first-order valence-electron chi connectivity index (χ1n) is 7.01. The molecule has 1 aliphatic rings. The van der Waals surface area contributed by atoms with E-state index in [2.05, 4.69) is 0 Å². The molecule has 1 amide bonds. The first kappa shape index (κ1) is 15.8. The van der Waals surface area contributed by atoms with E-state index >= 15 is 0 Å². The molecule has 0 fully saturated rings. The number of sulfone groups is 1. The van der Waals surface area contributed by atoms with Crippen LogP contribution in [0.4, 0.5) is 5.69 Å². The monoisotopic (exact) mass is 347 g/mol. The highest BCUT2D eigenvalue weighted by molar-refractivity contribution is 7.94. The van der Waals surface area contributed by atoms with E-state index < -0.39 is 15.9 Å². The molecule has 2 aromatic carbocycles. The lowest BCUT2D eigenvalue weighted by molar-refractivity contribution is 0.0983. The van der Waals surface area contributed by atoms with Gasteiger partial charge < -0.3 is 4.90 Å². The van der Waals surface area contributed by atoms with Crippen molar-refractivity contribution in [2.75, 3.05) is 10.7 Å². The van der Waals surface area contributed by atoms with E-state index in [1.165, 1.54) is 10.3 Å². The van der Waals surface area contributed by atoms with Gasteiger partial charge in [-0.3, -0.25) is 4.79 Å². The summed E-state index contributed by atoms with van der Waals surface area (Å²) in [5.41, 5.74) is 1.06. The molecule has 0 radical (unpaired) electrons. The van der Waals surface area contributed by atoms with Gasteiger partial charge in [0.15, 0.2) is 9.84 Å². The lowest BCUT2D eigenvalue weighted by Gasteiger charge is -2.27. The topological polar surface area (TPSA) is 54.5 Å². The van der Waals surface area contributed by atoms with Crippen LogP contribution in [0.15, 0.2) is 66.1 Å². The standard InChI is InChI=1S/C17H14ClNO3S/c18-14-6-4-5-13(11-14)17(20)19(15-7-2-1-3-8-15)16-9-10-23(21,22)12-16/h1-11,16H,12H2/t16-/m1/s1. The molecule has 0 saturated carbocycles. The van der Waals surface area contributed by atoms with Gasteiger partial charge in [0.2, 0.25) is 0 Å². The third-order valence-electron chi connectivity index (χ3n) is 3.57. The van der Waals surface area contributed by atoms with Crippen LogP contribution in [0.25, 0.3) is 0 Å². The van der Waals surface area contributed by atoms with Crippen LogP contribution in [0.2, 0.25) is 5.02 Å². The largest absolute Gasteiger partial charge is 0.300 e. The van der Waals surface area contributed by atoms with E-state index in [1.54, 1.807) is 54.6 Å². The van der Waals surface area contributed by atoms with Crippen molar-refractivity contribution in [3.8, 4) is 0 Å². The van der Waals surface area contributed by atoms with Gasteiger partial charge in [0.05, 0.1) is 11.8 Å². The zero-order valence-electron chi connectivity index (χ0n) is 12.1. The normalized spacial score (nSPS) is 18.7. The Morgan fingerprint density at radius 3 is 2.43 bits per heavy atom. The Bertz CT molecular complexity index is 862. The number of anilines is 1. The number of para-hydroxylation sites is 1. The van der Waals surface area contributed by atoms with E-state index in [-0.39, 0.29) is 11.7 Å². The number of halogens is 1. The van der Waals surface area contributed by atoms with Crippen LogP contribution >= 0.6 is 11.6 Å². The molecule has 0 aliphatic carbocycles. The predicted octanol–water partition coefficient (Wildman–Crippen LogP) is 3.30. The first-order valence-corrected chi connectivity index (χ1v) is 9.11. The molecule has 23 heavy (non-hydrogen) atoms. The Balaban J connectivity index is 2.02. The number of hydrogen-bond acceptors (Lipinski definition) is 3. The van der Waals surface area contributed by atoms with Gasteiger partial charge in [0, 0.05) is 21.7 Å². The lowest BCUT2D eigenvalue weighted by atomic mass is 10.1. The third kappa shape index (κ3) is 3.46. The number of rotatable bonds is 3. The van der Waals surface area contributed by atoms with Gasteiger partial charge >= 0.3 is 0 Å². The maximum atomic E-state index is 12.9. The van der Waals surface area contributed by atoms with Gasteiger partial charge in [0.25, 0.3) is 5.91 Å². The van der Waals surface area contributed by atoms with Crippen molar-refractivity contribution in [3.63, 3.8) is 0 Å². The smallest absolute Gasteiger partial charge is 0.258 e. The maximum Gasteiger partial charge on any atom is 0.258 e. The SMILES string of the molecule is O=C(c1cccc(Cl)c1)N(c1ccccc1)[C@@H]1C=CS(=O)(=O)C1. The molecule has 3 rings (SSSR count). The molecule has 4 nitrogen and oxygen atoms in total. The van der Waals surface area contributed by atoms with E-state index in [0.29, 0.717) is 16.3 Å². The van der Waals surface area contributed by atoms with Gasteiger partial charge in [-0.25, -0.2) is 8.42 Å². The van der Waals surface area contributed by atoms with Gasteiger partial charge in [-0.15, -0.1) is 0 Å². The van der Waals surface area contributed by atoms with Gasteiger partial charge in [0.1, 0.15) is 0 Å². The summed E-state index contributed by atoms with van der Waals surface area (Å²) in [4.78, 5) is 14.4. The second kappa shape index (κ2) is 6.18. The van der Waals surface area contributed by atoms with Crippen molar-refractivity contribution in [3.05, 3.63) is 76.7 Å². The molecule has 0 bridgehead atoms. The van der Waals surface area contributed by atoms with Crippen LogP contribution < -0.4 is 4.90 Å². The zero-order valence-corrected chi connectivity index (χ0v) is 13.7. The van der Waals surface area contributed by atoms with E-state index in [1.807, 2.05) is 6.07 Å². The summed E-state index contributed by atoms with van der Waals surface area (Å²) in [7, 11) is -3.27. The molecular weight excluding hydrogens is 334 g/mol. The van der Waals surface area contributed by atoms with Crippen molar-refractivity contribution >= 4 is 33.0 Å². The molecule has 2 aromatic rings. The van der Waals surface area contributed by atoms with Gasteiger partial charge in [-0.05, 0) is 36.4 Å². The fourth-order valence-electron chi connectivity index (χ4n) is 2.53. The minimum absolute atomic E-state index is 0.117.